The zero-order valence-corrected chi connectivity index (χ0v) is 20.3. The fourth-order valence-electron chi connectivity index (χ4n) is 4.42. The quantitative estimate of drug-likeness (QED) is 0.224. The zero-order valence-electron chi connectivity index (χ0n) is 17.3. The van der Waals surface area contributed by atoms with Crippen molar-refractivity contribution < 1.29 is 19.5 Å². The first kappa shape index (κ1) is 19.9. The summed E-state index contributed by atoms with van der Waals surface area (Å²) < 4.78 is 0. The van der Waals surface area contributed by atoms with Crippen LogP contribution in [0.25, 0.3) is 46.4 Å². The Morgan fingerprint density at radius 2 is 1.32 bits per heavy atom. The van der Waals surface area contributed by atoms with Crippen LogP contribution in [0.4, 0.5) is 0 Å². The predicted molar refractivity (Wildman–Crippen MR) is 125 cm³/mol. The molecule has 3 aromatic rings. The fourth-order valence-corrected chi connectivity index (χ4v) is 4.42. The van der Waals surface area contributed by atoms with Crippen molar-refractivity contribution in [3.05, 3.63) is 83.0 Å². The van der Waals surface area contributed by atoms with Crippen molar-refractivity contribution in [3.63, 3.8) is 0 Å². The van der Waals surface area contributed by atoms with Crippen molar-refractivity contribution >= 4 is 46.4 Å². The van der Waals surface area contributed by atoms with Gasteiger partial charge in [-0.1, -0.05) is 12.2 Å². The van der Waals surface area contributed by atoms with Crippen LogP contribution in [-0.4, -0.2) is 19.9 Å². The van der Waals surface area contributed by atoms with Crippen molar-refractivity contribution in [2.24, 2.45) is 0 Å². The summed E-state index contributed by atoms with van der Waals surface area (Å²) in [6.45, 7) is 0. The molecule has 0 saturated heterocycles. The van der Waals surface area contributed by atoms with Gasteiger partial charge in [-0.05, 0) is 91.6 Å². The van der Waals surface area contributed by atoms with E-state index in [1.54, 1.807) is 0 Å². The Hall–Kier alpha value is -3.04. The van der Waals surface area contributed by atoms with Crippen LogP contribution in [0.1, 0.15) is 53.5 Å². The molecule has 0 spiro atoms. The number of rotatable bonds is 1. The molecule has 3 aliphatic rings. The van der Waals surface area contributed by atoms with E-state index in [1.165, 1.54) is 24.8 Å². The summed E-state index contributed by atoms with van der Waals surface area (Å²) in [5.74, 6) is 0.444. The maximum atomic E-state index is 4.80. The molecule has 5 heteroatoms. The normalized spacial score (nSPS) is 17.0. The third-order valence-corrected chi connectivity index (χ3v) is 5.85. The molecule has 2 aliphatic heterocycles. The molecule has 31 heavy (non-hydrogen) atoms. The van der Waals surface area contributed by atoms with Crippen LogP contribution >= 0.6 is 0 Å². The van der Waals surface area contributed by atoms with Gasteiger partial charge in [-0.25, -0.2) is 9.97 Å². The molecule has 4 nitrogen and oxygen atoms in total. The Morgan fingerprint density at radius 3 is 1.94 bits per heavy atom. The Balaban J connectivity index is 0.00000204. The average Bonchev–Trinajstić information content (AvgIpc) is 3.53. The monoisotopic (exact) mass is 454 g/mol. The van der Waals surface area contributed by atoms with E-state index in [4.69, 9.17) is 9.97 Å². The summed E-state index contributed by atoms with van der Waals surface area (Å²) in [6, 6.07) is 14.8. The molecule has 0 radical (unpaired) electrons. The minimum Gasteiger partial charge on any atom is -0.355 e. The molecule has 0 fully saturated rings. The van der Waals surface area contributed by atoms with Gasteiger partial charge in [0.2, 0.25) is 0 Å². The number of H-pyrrole nitrogens is 2. The smallest absolute Gasteiger partial charge is 0.0658 e. The first-order valence-corrected chi connectivity index (χ1v) is 10.5. The Labute approximate surface area is 193 Å². The van der Waals surface area contributed by atoms with Crippen LogP contribution in [0.15, 0.2) is 54.6 Å². The molecule has 1 aliphatic carbocycles. The van der Waals surface area contributed by atoms with Crippen molar-refractivity contribution in [2.45, 2.75) is 25.2 Å². The molecule has 0 aromatic carbocycles. The van der Waals surface area contributed by atoms with Crippen molar-refractivity contribution in [1.29, 1.82) is 0 Å². The predicted octanol–water partition coefficient (Wildman–Crippen LogP) is 6.48. The molecule has 1 unspecified atom stereocenters. The molecule has 1 atom stereocenters. The van der Waals surface area contributed by atoms with E-state index < -0.39 is 0 Å². The van der Waals surface area contributed by atoms with Crippen molar-refractivity contribution in [2.75, 3.05) is 0 Å². The number of hydrogen-bond acceptors (Lipinski definition) is 2. The summed E-state index contributed by atoms with van der Waals surface area (Å²) >= 11 is 0. The number of aromatic amines is 2. The maximum absolute atomic E-state index is 4.80. The standard InChI is InChI=1S/C26H22N4.Zn/c1-2-4-17(5-3-1)25-15-24-14-22-9-8-20(28-22)12-18-6-7-19(27-18)13-21-10-11-23(29-21)16-26(25)30-24;/h2,4,6-17,27,30H,1,3,5H2;. The van der Waals surface area contributed by atoms with Crippen LogP contribution in [0.3, 0.4) is 0 Å². The number of nitrogens with one attached hydrogen (secondary N) is 2. The molecule has 3 aromatic heterocycles. The van der Waals surface area contributed by atoms with Gasteiger partial charge in [-0.15, -0.1) is 0 Å². The molecule has 6 rings (SSSR count). The van der Waals surface area contributed by atoms with E-state index in [-0.39, 0.29) is 19.5 Å². The van der Waals surface area contributed by atoms with E-state index in [9.17, 15) is 0 Å². The van der Waals surface area contributed by atoms with Crippen molar-refractivity contribution in [1.82, 2.24) is 19.9 Å². The Kier molecular flexibility index (Phi) is 5.29. The van der Waals surface area contributed by atoms with E-state index >= 15 is 0 Å². The van der Waals surface area contributed by atoms with Gasteiger partial charge in [-0.3, -0.25) is 0 Å². The number of nitrogens with zero attached hydrogens (tertiary/aromatic N) is 2. The largest absolute Gasteiger partial charge is 0.355 e. The first-order valence-electron chi connectivity index (χ1n) is 10.5. The van der Waals surface area contributed by atoms with E-state index in [2.05, 4.69) is 88.9 Å². The fraction of sp³-hybridized carbons (Fsp3) is 0.154. The summed E-state index contributed by atoms with van der Waals surface area (Å²) in [6.07, 6.45) is 16.5. The second-order valence-electron chi connectivity index (χ2n) is 8.10. The van der Waals surface area contributed by atoms with Gasteiger partial charge in [-0.2, -0.15) is 0 Å². The maximum Gasteiger partial charge on any atom is 0.0658 e. The molecule has 0 saturated carbocycles. The van der Waals surface area contributed by atoms with Gasteiger partial charge in [0.15, 0.2) is 0 Å². The number of allylic oxidation sites excluding steroid dienone is 2. The molecule has 8 bridgehead atoms. The van der Waals surface area contributed by atoms with Gasteiger partial charge in [0.25, 0.3) is 0 Å². The molecular weight excluding hydrogens is 434 g/mol. The average molecular weight is 456 g/mol. The third kappa shape index (κ3) is 4.11. The minimum absolute atomic E-state index is 0. The van der Waals surface area contributed by atoms with E-state index in [1.807, 2.05) is 0 Å². The van der Waals surface area contributed by atoms with Gasteiger partial charge >= 0.3 is 0 Å². The van der Waals surface area contributed by atoms with Gasteiger partial charge in [0, 0.05) is 47.5 Å². The number of aromatic nitrogens is 4. The molecule has 2 N–H and O–H groups in total. The van der Waals surface area contributed by atoms with Crippen LogP contribution in [-0.2, 0) is 19.5 Å². The molecule has 0 amide bonds. The van der Waals surface area contributed by atoms with Crippen LogP contribution in [0, 0.1) is 0 Å². The minimum atomic E-state index is 0. The van der Waals surface area contributed by atoms with Crippen molar-refractivity contribution in [3.8, 4) is 0 Å². The molecular formula is C26H22N4Zn. The summed E-state index contributed by atoms with van der Waals surface area (Å²) in [4.78, 5) is 16.6. The Bertz CT molecular complexity index is 1390. The van der Waals surface area contributed by atoms with Gasteiger partial charge in [0.05, 0.1) is 22.8 Å². The molecule has 5 heterocycles. The SMILES string of the molecule is C1=CC(c2cc3cc4nc(cc5ccc(cc6nc(cc2[nH]3)C=C6)[nH]5)C=C4)CCC1.[Zn]. The summed E-state index contributed by atoms with van der Waals surface area (Å²) in [5.41, 5.74) is 9.44. The number of fused-ring (bicyclic) bond motifs is 8. The second kappa shape index (κ2) is 8.24. The third-order valence-electron chi connectivity index (χ3n) is 5.85. The summed E-state index contributed by atoms with van der Waals surface area (Å²) in [7, 11) is 0. The first-order chi connectivity index (χ1) is 14.8. The van der Waals surface area contributed by atoms with Crippen LogP contribution in [0.2, 0.25) is 0 Å². The van der Waals surface area contributed by atoms with Crippen LogP contribution in [0.5, 0.6) is 0 Å². The number of hydrogen-bond donors (Lipinski definition) is 2. The Morgan fingerprint density at radius 1 is 0.710 bits per heavy atom. The van der Waals surface area contributed by atoms with Gasteiger partial charge < -0.3 is 9.97 Å². The van der Waals surface area contributed by atoms with Gasteiger partial charge in [0.1, 0.15) is 0 Å². The van der Waals surface area contributed by atoms with Crippen LogP contribution < -0.4 is 0 Å². The van der Waals surface area contributed by atoms with E-state index in [0.717, 1.165) is 44.8 Å². The summed E-state index contributed by atoms with van der Waals surface area (Å²) in [5, 5.41) is 0. The van der Waals surface area contributed by atoms with E-state index in [0.29, 0.717) is 5.92 Å². The molecule has 148 valence electrons. The zero-order chi connectivity index (χ0) is 19.9. The topological polar surface area (TPSA) is 57.4 Å². The second-order valence-corrected chi connectivity index (χ2v) is 8.10.